The van der Waals surface area contributed by atoms with E-state index in [0.29, 0.717) is 10.8 Å². The molecule has 2 heterocycles. The molecule has 18 heavy (non-hydrogen) atoms. The Labute approximate surface area is 112 Å². The van der Waals surface area contributed by atoms with Crippen LogP contribution in [0.25, 0.3) is 0 Å². The highest BCUT2D eigenvalue weighted by Gasteiger charge is 2.29. The number of nitrogens with one attached hydrogen (secondary N) is 1. The molecule has 1 N–H and O–H groups in total. The Morgan fingerprint density at radius 3 is 2.89 bits per heavy atom. The van der Waals surface area contributed by atoms with Crippen molar-refractivity contribution in [3.63, 3.8) is 0 Å². The predicted molar refractivity (Wildman–Crippen MR) is 76.2 cm³/mol. The van der Waals surface area contributed by atoms with Gasteiger partial charge >= 0.3 is 0 Å². The molecule has 0 bridgehead atoms. The lowest BCUT2D eigenvalue weighted by Gasteiger charge is -2.37. The molecule has 0 saturated carbocycles. The van der Waals surface area contributed by atoms with Gasteiger partial charge in [0.2, 0.25) is 0 Å². The maximum absolute atomic E-state index is 12.4. The molecular formula is C13H19N3OS. The SMILES string of the molecule is CNc1ccc(C(=O)N2CCSC(C)C2C)cn1. The second kappa shape index (κ2) is 5.61. The van der Waals surface area contributed by atoms with Crippen LogP contribution in [0.5, 0.6) is 0 Å². The van der Waals surface area contributed by atoms with Crippen molar-refractivity contribution in [2.24, 2.45) is 0 Å². The maximum Gasteiger partial charge on any atom is 0.255 e. The molecule has 1 aliphatic rings. The normalized spacial score (nSPS) is 23.8. The van der Waals surface area contributed by atoms with Gasteiger partial charge in [-0.1, -0.05) is 6.92 Å². The van der Waals surface area contributed by atoms with Gasteiger partial charge < -0.3 is 10.2 Å². The zero-order valence-electron chi connectivity index (χ0n) is 11.0. The van der Waals surface area contributed by atoms with Crippen molar-refractivity contribution in [1.82, 2.24) is 9.88 Å². The number of carbonyl (C=O) groups is 1. The Morgan fingerprint density at radius 1 is 1.50 bits per heavy atom. The standard InChI is InChI=1S/C13H19N3OS/c1-9-10(2)18-7-6-16(9)13(17)11-4-5-12(14-3)15-8-11/h4-5,8-10H,6-7H2,1-3H3,(H,14,15). The van der Waals surface area contributed by atoms with Crippen LogP contribution >= 0.6 is 11.8 Å². The number of nitrogens with zero attached hydrogens (tertiary/aromatic N) is 2. The van der Waals surface area contributed by atoms with Crippen molar-refractivity contribution in [1.29, 1.82) is 0 Å². The lowest BCUT2D eigenvalue weighted by atomic mass is 10.1. The van der Waals surface area contributed by atoms with Gasteiger partial charge in [0, 0.05) is 36.8 Å². The van der Waals surface area contributed by atoms with Crippen LogP contribution in [0.4, 0.5) is 5.82 Å². The monoisotopic (exact) mass is 265 g/mol. The first kappa shape index (κ1) is 13.2. The number of thioether (sulfide) groups is 1. The van der Waals surface area contributed by atoms with Crippen molar-refractivity contribution in [3.05, 3.63) is 23.9 Å². The topological polar surface area (TPSA) is 45.2 Å². The van der Waals surface area contributed by atoms with Crippen molar-refractivity contribution < 1.29 is 4.79 Å². The van der Waals surface area contributed by atoms with Crippen LogP contribution in [0.2, 0.25) is 0 Å². The van der Waals surface area contributed by atoms with Crippen molar-refractivity contribution >= 4 is 23.5 Å². The van der Waals surface area contributed by atoms with E-state index in [0.717, 1.165) is 18.1 Å². The molecule has 2 atom stereocenters. The third kappa shape index (κ3) is 2.61. The second-order valence-electron chi connectivity index (χ2n) is 4.50. The van der Waals surface area contributed by atoms with Gasteiger partial charge in [0.05, 0.1) is 5.56 Å². The van der Waals surface area contributed by atoms with Gasteiger partial charge in [-0.05, 0) is 19.1 Å². The van der Waals surface area contributed by atoms with E-state index >= 15 is 0 Å². The fourth-order valence-electron chi connectivity index (χ4n) is 2.05. The predicted octanol–water partition coefficient (Wildman–Crippen LogP) is 2.09. The van der Waals surface area contributed by atoms with Crippen LogP contribution in [0, 0.1) is 0 Å². The zero-order valence-corrected chi connectivity index (χ0v) is 11.8. The second-order valence-corrected chi connectivity index (χ2v) is 5.98. The molecule has 0 aliphatic carbocycles. The van der Waals surface area contributed by atoms with Crippen LogP contribution in [-0.4, -0.2) is 46.4 Å². The minimum Gasteiger partial charge on any atom is -0.373 e. The molecule has 1 aromatic heterocycles. The smallest absolute Gasteiger partial charge is 0.255 e. The maximum atomic E-state index is 12.4. The van der Waals surface area contributed by atoms with Crippen LogP contribution < -0.4 is 5.32 Å². The van der Waals surface area contributed by atoms with E-state index in [9.17, 15) is 4.79 Å². The molecule has 0 spiro atoms. The Kier molecular flexibility index (Phi) is 4.11. The van der Waals surface area contributed by atoms with Crippen LogP contribution in [0.15, 0.2) is 18.3 Å². The summed E-state index contributed by atoms with van der Waals surface area (Å²) in [5.41, 5.74) is 0.667. The summed E-state index contributed by atoms with van der Waals surface area (Å²) in [4.78, 5) is 18.6. The van der Waals surface area contributed by atoms with Gasteiger partial charge in [-0.2, -0.15) is 11.8 Å². The van der Waals surface area contributed by atoms with Gasteiger partial charge in [0.25, 0.3) is 5.91 Å². The lowest BCUT2D eigenvalue weighted by Crippen LogP contribution is -2.47. The fourth-order valence-corrected chi connectivity index (χ4v) is 3.15. The summed E-state index contributed by atoms with van der Waals surface area (Å²) in [6, 6.07) is 3.94. The Balaban J connectivity index is 2.14. The molecule has 1 saturated heterocycles. The first-order valence-corrected chi connectivity index (χ1v) is 7.24. The average Bonchev–Trinajstić information content (AvgIpc) is 2.41. The number of amides is 1. The first-order chi connectivity index (χ1) is 8.63. The summed E-state index contributed by atoms with van der Waals surface area (Å²) in [5.74, 6) is 1.88. The molecule has 0 radical (unpaired) electrons. The van der Waals surface area contributed by atoms with Crippen LogP contribution in [0.3, 0.4) is 0 Å². The number of aromatic nitrogens is 1. The summed E-state index contributed by atoms with van der Waals surface area (Å²) in [7, 11) is 1.81. The van der Waals surface area contributed by atoms with Crippen molar-refractivity contribution in [2.45, 2.75) is 25.1 Å². The van der Waals surface area contributed by atoms with E-state index in [1.54, 1.807) is 6.20 Å². The third-order valence-electron chi connectivity index (χ3n) is 3.41. The third-order valence-corrected chi connectivity index (χ3v) is 4.75. The molecular weight excluding hydrogens is 246 g/mol. The molecule has 1 fully saturated rings. The molecule has 2 rings (SSSR count). The van der Waals surface area contributed by atoms with Crippen LogP contribution in [0.1, 0.15) is 24.2 Å². The highest BCUT2D eigenvalue weighted by atomic mass is 32.2. The minimum atomic E-state index is 0.0878. The van der Waals surface area contributed by atoms with Crippen molar-refractivity contribution in [3.8, 4) is 0 Å². The molecule has 5 heteroatoms. The molecule has 4 nitrogen and oxygen atoms in total. The number of carbonyl (C=O) groups excluding carboxylic acids is 1. The van der Waals surface area contributed by atoms with E-state index < -0.39 is 0 Å². The van der Waals surface area contributed by atoms with Gasteiger partial charge in [-0.3, -0.25) is 4.79 Å². The van der Waals surface area contributed by atoms with E-state index in [1.807, 2.05) is 35.8 Å². The number of pyridine rings is 1. The molecule has 98 valence electrons. The number of hydrogen-bond donors (Lipinski definition) is 1. The molecule has 2 unspecified atom stereocenters. The molecule has 0 aromatic carbocycles. The summed E-state index contributed by atoms with van der Waals surface area (Å²) in [6.45, 7) is 5.12. The quantitative estimate of drug-likeness (QED) is 0.889. The Morgan fingerprint density at radius 2 is 2.28 bits per heavy atom. The number of anilines is 1. The summed E-state index contributed by atoms with van der Waals surface area (Å²) < 4.78 is 0. The van der Waals surface area contributed by atoms with E-state index in [1.165, 1.54) is 0 Å². The minimum absolute atomic E-state index is 0.0878. The largest absolute Gasteiger partial charge is 0.373 e. The zero-order chi connectivity index (χ0) is 13.1. The fraction of sp³-hybridized carbons (Fsp3) is 0.538. The van der Waals surface area contributed by atoms with Gasteiger partial charge in [0.1, 0.15) is 5.82 Å². The van der Waals surface area contributed by atoms with E-state index in [4.69, 9.17) is 0 Å². The molecule has 1 aliphatic heterocycles. The number of rotatable bonds is 2. The van der Waals surface area contributed by atoms with Gasteiger partial charge in [-0.15, -0.1) is 0 Å². The molecule has 1 aromatic rings. The highest BCUT2D eigenvalue weighted by molar-refractivity contribution is 8.00. The lowest BCUT2D eigenvalue weighted by molar-refractivity contribution is 0.0698. The van der Waals surface area contributed by atoms with Gasteiger partial charge in [0.15, 0.2) is 0 Å². The van der Waals surface area contributed by atoms with Gasteiger partial charge in [-0.25, -0.2) is 4.98 Å². The van der Waals surface area contributed by atoms with Crippen LogP contribution in [-0.2, 0) is 0 Å². The van der Waals surface area contributed by atoms with E-state index in [-0.39, 0.29) is 11.9 Å². The summed E-state index contributed by atoms with van der Waals surface area (Å²) in [6.07, 6.45) is 1.65. The summed E-state index contributed by atoms with van der Waals surface area (Å²) >= 11 is 1.93. The van der Waals surface area contributed by atoms with Crippen molar-refractivity contribution in [2.75, 3.05) is 24.7 Å². The Bertz CT molecular complexity index is 421. The van der Waals surface area contributed by atoms with E-state index in [2.05, 4.69) is 24.1 Å². The number of hydrogen-bond acceptors (Lipinski definition) is 4. The molecule has 1 amide bonds. The summed E-state index contributed by atoms with van der Waals surface area (Å²) in [5, 5.41) is 3.44. The average molecular weight is 265 g/mol. The Hall–Kier alpha value is -1.23. The highest BCUT2D eigenvalue weighted by Crippen LogP contribution is 2.25. The first-order valence-electron chi connectivity index (χ1n) is 6.20.